The van der Waals surface area contributed by atoms with Gasteiger partial charge in [0.1, 0.15) is 5.75 Å². The molecule has 10 heteroatoms. The second-order valence-electron chi connectivity index (χ2n) is 7.19. The van der Waals surface area contributed by atoms with E-state index in [-0.39, 0.29) is 29.7 Å². The van der Waals surface area contributed by atoms with Crippen molar-refractivity contribution in [3.63, 3.8) is 0 Å². The summed E-state index contributed by atoms with van der Waals surface area (Å²) in [7, 11) is 1.64. The Morgan fingerprint density at radius 1 is 1.14 bits per heavy atom. The lowest BCUT2D eigenvalue weighted by Gasteiger charge is -2.39. The molecule has 0 spiro atoms. The van der Waals surface area contributed by atoms with Gasteiger partial charge in [0, 0.05) is 31.3 Å². The van der Waals surface area contributed by atoms with Gasteiger partial charge >= 0.3 is 0 Å². The first-order chi connectivity index (χ1) is 13.2. The molecule has 1 heterocycles. The van der Waals surface area contributed by atoms with Crippen molar-refractivity contribution in [2.24, 2.45) is 4.99 Å². The lowest BCUT2D eigenvalue weighted by atomic mass is 10.1. The van der Waals surface area contributed by atoms with Crippen molar-refractivity contribution in [3.05, 3.63) is 17.7 Å². The predicted molar refractivity (Wildman–Crippen MR) is 126 cm³/mol. The summed E-state index contributed by atoms with van der Waals surface area (Å²) in [6.07, 6.45) is 0. The van der Waals surface area contributed by atoms with Crippen molar-refractivity contribution in [1.29, 1.82) is 0 Å². The van der Waals surface area contributed by atoms with Crippen LogP contribution in [0.15, 0.2) is 17.1 Å². The highest BCUT2D eigenvalue weighted by atomic mass is 127. The number of methoxy groups -OCH3 is 3. The van der Waals surface area contributed by atoms with Crippen LogP contribution in [0.4, 0.5) is 0 Å². The predicted octanol–water partition coefficient (Wildman–Crippen LogP) is 2.30. The third-order valence-electron chi connectivity index (χ3n) is 4.86. The molecule has 1 aromatic carbocycles. The second kappa shape index (κ2) is 10.6. The first-order valence-electron chi connectivity index (χ1n) is 9.23. The molecule has 1 saturated heterocycles. The molecule has 0 atom stereocenters. The van der Waals surface area contributed by atoms with Gasteiger partial charge in [-0.05, 0) is 26.8 Å². The Hall–Kier alpha value is -1.43. The molecular weight excluding hydrogens is 509 g/mol. The van der Waals surface area contributed by atoms with E-state index in [1.165, 1.54) is 0 Å². The van der Waals surface area contributed by atoms with Gasteiger partial charge in [-0.25, -0.2) is 13.4 Å². The van der Waals surface area contributed by atoms with Crippen LogP contribution in [0, 0.1) is 0 Å². The third-order valence-corrected chi connectivity index (χ3v) is 7.40. The van der Waals surface area contributed by atoms with Gasteiger partial charge < -0.3 is 24.4 Å². The molecule has 0 radical (unpaired) electrons. The molecule has 1 fully saturated rings. The highest BCUT2D eigenvalue weighted by molar-refractivity contribution is 14.0. The van der Waals surface area contributed by atoms with E-state index in [9.17, 15) is 8.42 Å². The molecule has 0 aliphatic carbocycles. The van der Waals surface area contributed by atoms with E-state index in [2.05, 4.69) is 5.32 Å². The van der Waals surface area contributed by atoms with Crippen LogP contribution in [0.5, 0.6) is 17.2 Å². The van der Waals surface area contributed by atoms with Gasteiger partial charge in [-0.2, -0.15) is 0 Å². The first-order valence-corrected chi connectivity index (χ1v) is 10.9. The van der Waals surface area contributed by atoms with Crippen LogP contribution < -0.4 is 19.5 Å². The Kier molecular flexibility index (Phi) is 9.32. The van der Waals surface area contributed by atoms with E-state index in [0.717, 1.165) is 5.56 Å². The van der Waals surface area contributed by atoms with E-state index in [1.54, 1.807) is 41.2 Å². The molecule has 1 aliphatic rings. The highest BCUT2D eigenvalue weighted by Gasteiger charge is 2.40. The molecule has 1 aliphatic heterocycles. The topological polar surface area (TPSA) is 89.5 Å². The summed E-state index contributed by atoms with van der Waals surface area (Å²) < 4.78 is 39.9. The number of nitrogens with one attached hydrogen (secondary N) is 1. The maximum atomic E-state index is 12.3. The first kappa shape index (κ1) is 25.6. The summed E-state index contributed by atoms with van der Waals surface area (Å²) in [5.74, 6) is 2.64. The largest absolute Gasteiger partial charge is 0.496 e. The van der Waals surface area contributed by atoms with Crippen LogP contribution in [-0.4, -0.2) is 70.7 Å². The van der Waals surface area contributed by atoms with Crippen molar-refractivity contribution in [2.45, 2.75) is 32.1 Å². The zero-order valence-electron chi connectivity index (χ0n) is 17.9. The minimum Gasteiger partial charge on any atom is -0.496 e. The van der Waals surface area contributed by atoms with Gasteiger partial charge in [0.2, 0.25) is 0 Å². The van der Waals surface area contributed by atoms with Crippen molar-refractivity contribution < 1.29 is 22.6 Å². The number of nitrogens with zero attached hydrogens (tertiary/aromatic N) is 2. The van der Waals surface area contributed by atoms with Gasteiger partial charge in [0.25, 0.3) is 0 Å². The Balaban J connectivity index is 0.00000420. The fourth-order valence-electron chi connectivity index (χ4n) is 3.13. The number of hydrogen-bond donors (Lipinski definition) is 1. The number of sulfone groups is 1. The molecule has 2 rings (SSSR count). The summed E-state index contributed by atoms with van der Waals surface area (Å²) in [5.41, 5.74) is 0.847. The maximum absolute atomic E-state index is 12.3. The number of halogens is 1. The van der Waals surface area contributed by atoms with E-state index in [1.807, 2.05) is 17.9 Å². The zero-order chi connectivity index (χ0) is 20.9. The standard InChI is InChI=1S/C19H31N3O5S.HI/c1-7-20-18(22-8-9-28(23,24)19(2,3)13-22)21-12-14-10-16(26-5)17(27-6)11-15(14)25-4;/h10-11H,7-9,12-13H2,1-6H3,(H,20,21);1H. The number of aliphatic imine (C=N–C) groups is 1. The number of benzene rings is 1. The number of ether oxygens (including phenoxy) is 3. The summed E-state index contributed by atoms with van der Waals surface area (Å²) in [6, 6.07) is 3.61. The highest BCUT2D eigenvalue weighted by Crippen LogP contribution is 2.35. The number of rotatable bonds is 6. The van der Waals surface area contributed by atoms with Crippen LogP contribution in [0.25, 0.3) is 0 Å². The van der Waals surface area contributed by atoms with Gasteiger partial charge in [-0.1, -0.05) is 0 Å². The van der Waals surface area contributed by atoms with E-state index < -0.39 is 14.6 Å². The summed E-state index contributed by atoms with van der Waals surface area (Å²) in [6.45, 7) is 7.36. The van der Waals surface area contributed by atoms with Crippen molar-refractivity contribution in [3.8, 4) is 17.2 Å². The summed E-state index contributed by atoms with van der Waals surface area (Å²) >= 11 is 0. The Bertz CT molecular complexity index is 827. The lowest BCUT2D eigenvalue weighted by Crippen LogP contribution is -2.57. The smallest absolute Gasteiger partial charge is 0.194 e. The van der Waals surface area contributed by atoms with Crippen molar-refractivity contribution in [1.82, 2.24) is 10.2 Å². The van der Waals surface area contributed by atoms with Crippen LogP contribution in [-0.2, 0) is 16.4 Å². The van der Waals surface area contributed by atoms with E-state index in [4.69, 9.17) is 19.2 Å². The Labute approximate surface area is 190 Å². The molecule has 0 unspecified atom stereocenters. The summed E-state index contributed by atoms with van der Waals surface area (Å²) in [4.78, 5) is 6.72. The quantitative estimate of drug-likeness (QED) is 0.336. The molecular formula is C19H32IN3O5S. The molecule has 1 aromatic rings. The van der Waals surface area contributed by atoms with E-state index in [0.29, 0.717) is 49.4 Å². The monoisotopic (exact) mass is 541 g/mol. The van der Waals surface area contributed by atoms with Crippen LogP contribution in [0.2, 0.25) is 0 Å². The maximum Gasteiger partial charge on any atom is 0.194 e. The average molecular weight is 541 g/mol. The number of guanidine groups is 1. The van der Waals surface area contributed by atoms with Gasteiger partial charge in [-0.15, -0.1) is 24.0 Å². The molecule has 29 heavy (non-hydrogen) atoms. The zero-order valence-corrected chi connectivity index (χ0v) is 21.1. The van der Waals surface area contributed by atoms with Crippen LogP contribution >= 0.6 is 24.0 Å². The minimum atomic E-state index is -3.11. The Morgan fingerprint density at radius 3 is 2.24 bits per heavy atom. The third kappa shape index (κ3) is 5.80. The molecule has 8 nitrogen and oxygen atoms in total. The lowest BCUT2D eigenvalue weighted by molar-refractivity contribution is 0.347. The molecule has 1 N–H and O–H groups in total. The Morgan fingerprint density at radius 2 is 1.72 bits per heavy atom. The molecule has 0 aromatic heterocycles. The normalized spacial score (nSPS) is 17.9. The van der Waals surface area contributed by atoms with Gasteiger partial charge in [0.05, 0.1) is 38.4 Å². The SMILES string of the molecule is CCNC(=NCc1cc(OC)c(OC)cc1OC)N1CCS(=O)(=O)C(C)(C)C1.I. The van der Waals surface area contributed by atoms with Crippen LogP contribution in [0.1, 0.15) is 26.3 Å². The van der Waals surface area contributed by atoms with E-state index >= 15 is 0 Å². The van der Waals surface area contributed by atoms with Crippen LogP contribution in [0.3, 0.4) is 0 Å². The van der Waals surface area contributed by atoms with Gasteiger partial charge in [0.15, 0.2) is 27.3 Å². The molecule has 166 valence electrons. The summed E-state index contributed by atoms with van der Waals surface area (Å²) in [5, 5.41) is 3.26. The van der Waals surface area contributed by atoms with Crippen molar-refractivity contribution in [2.75, 3.05) is 46.7 Å². The average Bonchev–Trinajstić information content (AvgIpc) is 2.66. The fourth-order valence-corrected chi connectivity index (χ4v) is 4.49. The minimum absolute atomic E-state index is 0. The van der Waals surface area contributed by atoms with Crippen molar-refractivity contribution >= 4 is 39.8 Å². The molecule has 0 bridgehead atoms. The number of hydrogen-bond acceptors (Lipinski definition) is 6. The second-order valence-corrected chi connectivity index (χ2v) is 9.93. The van der Waals surface area contributed by atoms with Gasteiger partial charge in [-0.3, -0.25) is 0 Å². The molecule has 0 saturated carbocycles. The molecule has 0 amide bonds. The fraction of sp³-hybridized carbons (Fsp3) is 0.632.